The van der Waals surface area contributed by atoms with Crippen molar-refractivity contribution in [2.24, 2.45) is 5.92 Å². The Kier molecular flexibility index (Phi) is 10.5. The van der Waals surface area contributed by atoms with Crippen LogP contribution in [0.4, 0.5) is 11.4 Å². The Morgan fingerprint density at radius 1 is 0.889 bits per heavy atom. The van der Waals surface area contributed by atoms with Crippen molar-refractivity contribution in [1.82, 2.24) is 0 Å². The zero-order chi connectivity index (χ0) is 26.7. The number of esters is 3. The maximum atomic E-state index is 12.4. The van der Waals surface area contributed by atoms with Crippen LogP contribution in [0, 0.1) is 26.1 Å². The van der Waals surface area contributed by atoms with Crippen LogP contribution in [0.1, 0.15) is 37.8 Å². The summed E-state index contributed by atoms with van der Waals surface area (Å²) in [5, 5.41) is 23.0. The lowest BCUT2D eigenvalue weighted by molar-refractivity contribution is -0.386. The predicted octanol–water partition coefficient (Wildman–Crippen LogP) is 3.72. The number of aryl methyl sites for hydroxylation is 1. The molecule has 0 aliphatic rings. The van der Waals surface area contributed by atoms with Crippen molar-refractivity contribution in [2.45, 2.75) is 39.5 Å². The fourth-order valence-corrected chi connectivity index (χ4v) is 3.36. The summed E-state index contributed by atoms with van der Waals surface area (Å²) in [6.07, 6.45) is -0.184. The first-order valence-electron chi connectivity index (χ1n) is 11.2. The molecule has 2 aromatic carbocycles. The van der Waals surface area contributed by atoms with E-state index >= 15 is 0 Å². The van der Waals surface area contributed by atoms with Crippen LogP contribution in [-0.4, -0.2) is 41.0 Å². The van der Waals surface area contributed by atoms with Crippen LogP contribution in [0.5, 0.6) is 5.75 Å². The van der Waals surface area contributed by atoms with Gasteiger partial charge in [0.15, 0.2) is 5.92 Å². The average Bonchev–Trinajstić information content (AvgIpc) is 2.84. The molecule has 0 bridgehead atoms. The van der Waals surface area contributed by atoms with Gasteiger partial charge >= 0.3 is 23.6 Å². The smallest absolute Gasteiger partial charge is 0.320 e. The lowest BCUT2D eigenvalue weighted by Crippen LogP contribution is -2.30. The van der Waals surface area contributed by atoms with Crippen molar-refractivity contribution >= 4 is 29.3 Å². The number of nitrogens with zero attached hydrogens (tertiary/aromatic N) is 2. The first-order chi connectivity index (χ1) is 17.2. The van der Waals surface area contributed by atoms with E-state index in [2.05, 4.69) is 0 Å². The molecule has 0 aliphatic carbocycles. The molecule has 0 aliphatic heterocycles. The third-order valence-corrected chi connectivity index (χ3v) is 5.00. The lowest BCUT2D eigenvalue weighted by Gasteiger charge is -2.15. The maximum Gasteiger partial charge on any atom is 0.320 e. The van der Waals surface area contributed by atoms with Gasteiger partial charge in [-0.05, 0) is 25.8 Å². The molecule has 0 spiro atoms. The second-order valence-electron chi connectivity index (χ2n) is 7.56. The van der Waals surface area contributed by atoms with Crippen LogP contribution in [0.3, 0.4) is 0 Å². The van der Waals surface area contributed by atoms with Crippen LogP contribution in [-0.2, 0) is 36.7 Å². The zero-order valence-electron chi connectivity index (χ0n) is 19.8. The molecule has 192 valence electrons. The van der Waals surface area contributed by atoms with Crippen LogP contribution in [0.25, 0.3) is 0 Å². The highest BCUT2D eigenvalue weighted by molar-refractivity contribution is 5.95. The van der Waals surface area contributed by atoms with E-state index in [-0.39, 0.29) is 43.1 Å². The molecule has 36 heavy (non-hydrogen) atoms. The van der Waals surface area contributed by atoms with Gasteiger partial charge in [0.25, 0.3) is 5.69 Å². The summed E-state index contributed by atoms with van der Waals surface area (Å²) in [6, 6.07) is 9.82. The van der Waals surface area contributed by atoms with Crippen LogP contribution < -0.4 is 4.74 Å². The van der Waals surface area contributed by atoms with Crippen molar-refractivity contribution in [3.05, 3.63) is 73.8 Å². The van der Waals surface area contributed by atoms with Gasteiger partial charge in [-0.1, -0.05) is 37.3 Å². The van der Waals surface area contributed by atoms with E-state index in [0.29, 0.717) is 12.0 Å². The van der Waals surface area contributed by atoms with Crippen LogP contribution >= 0.6 is 0 Å². The highest BCUT2D eigenvalue weighted by Gasteiger charge is 2.34. The van der Waals surface area contributed by atoms with Gasteiger partial charge in [-0.15, -0.1) is 0 Å². The van der Waals surface area contributed by atoms with Gasteiger partial charge in [0.1, 0.15) is 0 Å². The molecule has 0 radical (unpaired) electrons. The molecule has 0 heterocycles. The Balaban J connectivity index is 2.25. The number of rotatable bonds is 13. The van der Waals surface area contributed by atoms with Crippen molar-refractivity contribution in [3.8, 4) is 5.75 Å². The number of nitro benzene ring substituents is 2. The molecule has 2 rings (SSSR count). The second-order valence-corrected chi connectivity index (χ2v) is 7.56. The molecular weight excluding hydrogens is 476 g/mol. The van der Waals surface area contributed by atoms with E-state index in [1.807, 2.05) is 0 Å². The van der Waals surface area contributed by atoms with Gasteiger partial charge in [-0.2, -0.15) is 0 Å². The molecule has 0 fully saturated rings. The minimum absolute atomic E-state index is 0.00425. The van der Waals surface area contributed by atoms with E-state index < -0.39 is 45.8 Å². The molecule has 0 amide bonds. The monoisotopic (exact) mass is 502 g/mol. The van der Waals surface area contributed by atoms with Crippen LogP contribution in [0.2, 0.25) is 0 Å². The molecule has 12 nitrogen and oxygen atoms in total. The quantitative estimate of drug-likeness (QED) is 0.129. The molecule has 0 N–H and O–H groups in total. The van der Waals surface area contributed by atoms with Gasteiger partial charge in [-0.25, -0.2) is 0 Å². The van der Waals surface area contributed by atoms with Crippen molar-refractivity contribution in [2.75, 3.05) is 13.2 Å². The first kappa shape index (κ1) is 27.9. The van der Waals surface area contributed by atoms with Gasteiger partial charge in [0.05, 0.1) is 29.5 Å². The Morgan fingerprint density at radius 3 is 2.19 bits per heavy atom. The number of hydrogen-bond donors (Lipinski definition) is 0. The summed E-state index contributed by atoms with van der Waals surface area (Å²) in [5.74, 6) is -4.44. The fourth-order valence-electron chi connectivity index (χ4n) is 3.36. The molecular formula is C24H26N2O10. The molecule has 2 aromatic rings. The SMILES string of the molecule is CCCOC(=O)C(Cc1cccc(OC(=O)CCc2ccccc2[N+](=O)[O-])c1[N+](=O)[O-])C(=O)OCC. The molecule has 0 aromatic heterocycles. The number of nitro groups is 2. The van der Waals surface area contributed by atoms with E-state index in [1.165, 1.54) is 36.4 Å². The normalized spacial score (nSPS) is 11.3. The number of ether oxygens (including phenoxy) is 3. The molecule has 1 unspecified atom stereocenters. The highest BCUT2D eigenvalue weighted by atomic mass is 16.6. The Labute approximate surface area is 206 Å². The Morgan fingerprint density at radius 2 is 1.56 bits per heavy atom. The first-order valence-corrected chi connectivity index (χ1v) is 11.2. The summed E-state index contributed by atoms with van der Waals surface area (Å²) in [6.45, 7) is 3.38. The molecule has 12 heteroatoms. The van der Waals surface area contributed by atoms with Gasteiger partial charge in [-0.3, -0.25) is 34.6 Å². The van der Waals surface area contributed by atoms with E-state index in [9.17, 15) is 34.6 Å². The maximum absolute atomic E-state index is 12.4. The summed E-state index contributed by atoms with van der Waals surface area (Å²) < 4.78 is 15.2. The largest absolute Gasteiger partial charge is 0.465 e. The van der Waals surface area contributed by atoms with Crippen LogP contribution in [0.15, 0.2) is 42.5 Å². The summed E-state index contributed by atoms with van der Waals surface area (Å²) in [4.78, 5) is 58.9. The predicted molar refractivity (Wildman–Crippen MR) is 125 cm³/mol. The number of para-hydroxylation sites is 2. The number of carbonyl (C=O) groups excluding carboxylic acids is 3. The van der Waals surface area contributed by atoms with E-state index in [1.54, 1.807) is 19.9 Å². The van der Waals surface area contributed by atoms with Gasteiger partial charge in [0.2, 0.25) is 5.75 Å². The van der Waals surface area contributed by atoms with E-state index in [4.69, 9.17) is 14.2 Å². The summed E-state index contributed by atoms with van der Waals surface area (Å²) in [7, 11) is 0. The third-order valence-electron chi connectivity index (χ3n) is 5.00. The third kappa shape index (κ3) is 7.58. The number of hydrogen-bond acceptors (Lipinski definition) is 10. The molecule has 0 saturated carbocycles. The lowest BCUT2D eigenvalue weighted by atomic mass is 9.97. The fraction of sp³-hybridized carbons (Fsp3) is 0.375. The summed E-state index contributed by atoms with van der Waals surface area (Å²) in [5.41, 5.74) is -0.464. The second kappa shape index (κ2) is 13.5. The van der Waals surface area contributed by atoms with Crippen molar-refractivity contribution < 1.29 is 38.4 Å². The van der Waals surface area contributed by atoms with Crippen molar-refractivity contribution in [1.29, 1.82) is 0 Å². The molecule has 1 atom stereocenters. The minimum Gasteiger partial charge on any atom is -0.465 e. The van der Waals surface area contributed by atoms with Gasteiger partial charge in [0, 0.05) is 23.6 Å². The van der Waals surface area contributed by atoms with E-state index in [0.717, 1.165) is 0 Å². The number of carbonyl (C=O) groups is 3. The summed E-state index contributed by atoms with van der Waals surface area (Å²) >= 11 is 0. The van der Waals surface area contributed by atoms with Gasteiger partial charge < -0.3 is 14.2 Å². The van der Waals surface area contributed by atoms with Crippen molar-refractivity contribution in [3.63, 3.8) is 0 Å². The minimum atomic E-state index is -1.44. The Bertz CT molecular complexity index is 1130. The zero-order valence-corrected chi connectivity index (χ0v) is 19.8. The number of benzene rings is 2. The average molecular weight is 502 g/mol. The highest BCUT2D eigenvalue weighted by Crippen LogP contribution is 2.33. The topological polar surface area (TPSA) is 165 Å². The Hall–Kier alpha value is -4.35. The standard InChI is InChI=1S/C24H26N2O10/c1-3-14-35-24(29)18(23(28)34-4-2)15-17-9-7-11-20(22(17)26(32)33)36-21(27)13-12-16-8-5-6-10-19(16)25(30)31/h5-11,18H,3-4,12-15H2,1-2H3. The molecule has 0 saturated heterocycles.